The molecule has 74 valence electrons. The van der Waals surface area contributed by atoms with Crippen molar-refractivity contribution in [3.8, 4) is 0 Å². The molecule has 4 nitrogen and oxygen atoms in total. The molecule has 4 heteroatoms. The van der Waals surface area contributed by atoms with Crippen LogP contribution >= 0.6 is 0 Å². The molecule has 1 N–H and O–H groups in total. The van der Waals surface area contributed by atoms with Gasteiger partial charge in [-0.1, -0.05) is 13.8 Å². The van der Waals surface area contributed by atoms with E-state index in [1.165, 1.54) is 0 Å². The molecule has 0 fully saturated rings. The molecule has 0 aliphatic rings. The molecule has 0 bridgehead atoms. The standard InChI is InChI=1S/C10H14N4/c1-8(2)12-5-9-6-13-10-7-11-3-4-14(9)10/h3-4,6-8,12H,5H2,1-2H3. The van der Waals surface area contributed by atoms with E-state index in [1.54, 1.807) is 12.4 Å². The fourth-order valence-electron chi connectivity index (χ4n) is 1.33. The highest BCUT2D eigenvalue weighted by atomic mass is 15.0. The van der Waals surface area contributed by atoms with Crippen molar-refractivity contribution < 1.29 is 0 Å². The number of hydrogen-bond donors (Lipinski definition) is 1. The number of nitrogens with one attached hydrogen (secondary N) is 1. The van der Waals surface area contributed by atoms with Crippen molar-refractivity contribution in [3.05, 3.63) is 30.5 Å². The first-order valence-electron chi connectivity index (χ1n) is 4.76. The summed E-state index contributed by atoms with van der Waals surface area (Å²) >= 11 is 0. The van der Waals surface area contributed by atoms with Crippen LogP contribution in [-0.4, -0.2) is 20.4 Å². The van der Waals surface area contributed by atoms with E-state index in [9.17, 15) is 0 Å². The molecule has 0 radical (unpaired) electrons. The van der Waals surface area contributed by atoms with Crippen LogP contribution in [0, 0.1) is 0 Å². The summed E-state index contributed by atoms with van der Waals surface area (Å²) < 4.78 is 2.04. The predicted octanol–water partition coefficient (Wildman–Crippen LogP) is 1.23. The molecule has 0 aromatic carbocycles. The lowest BCUT2D eigenvalue weighted by atomic mass is 10.3. The second-order valence-corrected chi connectivity index (χ2v) is 3.59. The van der Waals surface area contributed by atoms with Crippen molar-refractivity contribution in [1.82, 2.24) is 19.7 Å². The summed E-state index contributed by atoms with van der Waals surface area (Å²) in [5, 5.41) is 3.36. The fraction of sp³-hybridized carbons (Fsp3) is 0.400. The highest BCUT2D eigenvalue weighted by Gasteiger charge is 2.02. The van der Waals surface area contributed by atoms with E-state index < -0.39 is 0 Å². The molecule has 0 saturated heterocycles. The predicted molar refractivity (Wildman–Crippen MR) is 55.0 cm³/mol. The number of rotatable bonds is 3. The van der Waals surface area contributed by atoms with Crippen LogP contribution in [0.3, 0.4) is 0 Å². The van der Waals surface area contributed by atoms with Crippen molar-refractivity contribution >= 4 is 5.65 Å². The Morgan fingerprint density at radius 3 is 3.07 bits per heavy atom. The van der Waals surface area contributed by atoms with Crippen molar-refractivity contribution in [1.29, 1.82) is 0 Å². The number of fused-ring (bicyclic) bond motifs is 1. The summed E-state index contributed by atoms with van der Waals surface area (Å²) in [5.41, 5.74) is 2.06. The Kier molecular flexibility index (Phi) is 2.45. The van der Waals surface area contributed by atoms with E-state index >= 15 is 0 Å². The molecule has 2 aromatic heterocycles. The van der Waals surface area contributed by atoms with Crippen LogP contribution in [0.2, 0.25) is 0 Å². The highest BCUT2D eigenvalue weighted by molar-refractivity contribution is 5.36. The summed E-state index contributed by atoms with van der Waals surface area (Å²) in [6.45, 7) is 5.10. The van der Waals surface area contributed by atoms with Crippen molar-refractivity contribution in [2.24, 2.45) is 0 Å². The van der Waals surface area contributed by atoms with Gasteiger partial charge in [0.1, 0.15) is 0 Å². The maximum Gasteiger partial charge on any atom is 0.155 e. The second-order valence-electron chi connectivity index (χ2n) is 3.59. The van der Waals surface area contributed by atoms with Crippen LogP contribution < -0.4 is 5.32 Å². The van der Waals surface area contributed by atoms with Crippen LogP contribution in [0.4, 0.5) is 0 Å². The van der Waals surface area contributed by atoms with Crippen LogP contribution in [0.1, 0.15) is 19.5 Å². The van der Waals surface area contributed by atoms with Gasteiger partial charge in [-0.25, -0.2) is 4.98 Å². The molecule has 2 aromatic rings. The Morgan fingerprint density at radius 1 is 1.43 bits per heavy atom. The number of imidazole rings is 1. The lowest BCUT2D eigenvalue weighted by Gasteiger charge is -2.06. The van der Waals surface area contributed by atoms with Gasteiger partial charge in [-0.15, -0.1) is 0 Å². The highest BCUT2D eigenvalue weighted by Crippen LogP contribution is 2.04. The van der Waals surface area contributed by atoms with E-state index in [-0.39, 0.29) is 0 Å². The zero-order valence-corrected chi connectivity index (χ0v) is 8.44. The molecule has 0 aliphatic heterocycles. The third-order valence-electron chi connectivity index (χ3n) is 2.09. The lowest BCUT2D eigenvalue weighted by Crippen LogP contribution is -2.22. The van der Waals surface area contributed by atoms with Gasteiger partial charge in [0.2, 0.25) is 0 Å². The smallest absolute Gasteiger partial charge is 0.155 e. The number of hydrogen-bond acceptors (Lipinski definition) is 3. The van der Waals surface area contributed by atoms with Gasteiger partial charge in [0, 0.05) is 25.0 Å². The van der Waals surface area contributed by atoms with Crippen molar-refractivity contribution in [3.63, 3.8) is 0 Å². The molecule has 0 amide bonds. The molecular formula is C10H14N4. The third-order valence-corrected chi connectivity index (χ3v) is 2.09. The average Bonchev–Trinajstić information content (AvgIpc) is 2.58. The summed E-state index contributed by atoms with van der Waals surface area (Å²) in [6, 6.07) is 0.488. The molecule has 0 saturated carbocycles. The molecule has 0 atom stereocenters. The minimum Gasteiger partial charge on any atom is -0.309 e. The summed E-state index contributed by atoms with van der Waals surface area (Å²) in [5.74, 6) is 0. The van der Waals surface area contributed by atoms with E-state index in [2.05, 4.69) is 29.1 Å². The monoisotopic (exact) mass is 190 g/mol. The molecular weight excluding hydrogens is 176 g/mol. The zero-order chi connectivity index (χ0) is 9.97. The van der Waals surface area contributed by atoms with Gasteiger partial charge in [-0.05, 0) is 0 Å². The summed E-state index contributed by atoms with van der Waals surface area (Å²) in [4.78, 5) is 8.27. The second kappa shape index (κ2) is 3.75. The van der Waals surface area contributed by atoms with Gasteiger partial charge in [0.05, 0.1) is 18.1 Å². The van der Waals surface area contributed by atoms with Crippen LogP contribution in [0.5, 0.6) is 0 Å². The van der Waals surface area contributed by atoms with Gasteiger partial charge in [0.15, 0.2) is 5.65 Å². The zero-order valence-electron chi connectivity index (χ0n) is 8.44. The first kappa shape index (κ1) is 9.15. The van der Waals surface area contributed by atoms with E-state index in [0.29, 0.717) is 6.04 Å². The Hall–Kier alpha value is -1.42. The van der Waals surface area contributed by atoms with Crippen LogP contribution in [-0.2, 0) is 6.54 Å². The fourth-order valence-corrected chi connectivity index (χ4v) is 1.33. The Balaban J connectivity index is 2.25. The first-order valence-corrected chi connectivity index (χ1v) is 4.76. The van der Waals surface area contributed by atoms with E-state index in [0.717, 1.165) is 17.9 Å². The first-order chi connectivity index (χ1) is 6.77. The van der Waals surface area contributed by atoms with Gasteiger partial charge in [-0.2, -0.15) is 0 Å². The molecule has 14 heavy (non-hydrogen) atoms. The Labute approximate surface area is 83.0 Å². The number of aromatic nitrogens is 3. The van der Waals surface area contributed by atoms with Crippen molar-refractivity contribution in [2.75, 3.05) is 0 Å². The van der Waals surface area contributed by atoms with E-state index in [1.807, 2.05) is 16.8 Å². The van der Waals surface area contributed by atoms with Crippen molar-refractivity contribution in [2.45, 2.75) is 26.4 Å². The minimum atomic E-state index is 0.488. The maximum absolute atomic E-state index is 4.26. The molecule has 2 heterocycles. The lowest BCUT2D eigenvalue weighted by molar-refractivity contribution is 0.579. The quantitative estimate of drug-likeness (QED) is 0.791. The average molecular weight is 190 g/mol. The minimum absolute atomic E-state index is 0.488. The SMILES string of the molecule is CC(C)NCc1cnc2cnccn12. The van der Waals surface area contributed by atoms with Gasteiger partial charge in [-0.3, -0.25) is 9.38 Å². The molecule has 0 spiro atoms. The van der Waals surface area contributed by atoms with Gasteiger partial charge in [0.25, 0.3) is 0 Å². The van der Waals surface area contributed by atoms with Crippen LogP contribution in [0.25, 0.3) is 5.65 Å². The van der Waals surface area contributed by atoms with Gasteiger partial charge < -0.3 is 5.32 Å². The third kappa shape index (κ3) is 1.75. The number of nitrogens with zero attached hydrogens (tertiary/aromatic N) is 3. The normalized spacial score (nSPS) is 11.4. The summed E-state index contributed by atoms with van der Waals surface area (Å²) in [6.07, 6.45) is 7.35. The molecule has 0 unspecified atom stereocenters. The molecule has 2 rings (SSSR count). The Morgan fingerprint density at radius 2 is 2.29 bits per heavy atom. The van der Waals surface area contributed by atoms with Crippen LogP contribution in [0.15, 0.2) is 24.8 Å². The van der Waals surface area contributed by atoms with E-state index in [4.69, 9.17) is 0 Å². The molecule has 0 aliphatic carbocycles. The maximum atomic E-state index is 4.26. The van der Waals surface area contributed by atoms with Gasteiger partial charge >= 0.3 is 0 Å². The topological polar surface area (TPSA) is 42.2 Å². The largest absolute Gasteiger partial charge is 0.309 e. The summed E-state index contributed by atoms with van der Waals surface area (Å²) in [7, 11) is 0. The Bertz CT molecular complexity index is 419.